The number of aliphatic hydroxyl groups is 2. The van der Waals surface area contributed by atoms with Crippen molar-refractivity contribution in [1.82, 2.24) is 5.32 Å². The van der Waals surface area contributed by atoms with Crippen LogP contribution in [0.3, 0.4) is 0 Å². The van der Waals surface area contributed by atoms with Gasteiger partial charge in [0.1, 0.15) is 6.10 Å². The number of esters is 1. The van der Waals surface area contributed by atoms with Crippen LogP contribution in [0.4, 0.5) is 0 Å². The molecule has 1 amide bonds. The molecule has 0 aromatic rings. The summed E-state index contributed by atoms with van der Waals surface area (Å²) in [4.78, 5) is 26.3. The van der Waals surface area contributed by atoms with Crippen LogP contribution in [0.25, 0.3) is 0 Å². The quantitative estimate of drug-likeness (QED) is 0.0321. The summed E-state index contributed by atoms with van der Waals surface area (Å²) in [5.41, 5.74) is 0. The van der Waals surface area contributed by atoms with Gasteiger partial charge >= 0.3 is 5.97 Å². The third kappa shape index (κ3) is 52.0. The number of nitrogens with one attached hydrogen (secondary N) is 1. The molecule has 0 saturated carbocycles. The molecule has 404 valence electrons. The molecule has 0 rings (SSSR count). The van der Waals surface area contributed by atoms with Gasteiger partial charge in [-0.2, -0.15) is 0 Å². The van der Waals surface area contributed by atoms with Crippen molar-refractivity contribution in [2.24, 2.45) is 0 Å². The second-order valence-electron chi connectivity index (χ2n) is 20.7. The lowest BCUT2D eigenvalue weighted by Gasteiger charge is -2.24. The van der Waals surface area contributed by atoms with Crippen molar-refractivity contribution in [2.45, 2.75) is 334 Å². The van der Waals surface area contributed by atoms with Crippen molar-refractivity contribution in [3.8, 4) is 0 Å². The molecule has 69 heavy (non-hydrogen) atoms. The van der Waals surface area contributed by atoms with Gasteiger partial charge in [0, 0.05) is 6.42 Å². The van der Waals surface area contributed by atoms with E-state index in [9.17, 15) is 19.8 Å². The van der Waals surface area contributed by atoms with E-state index in [4.69, 9.17) is 4.74 Å². The number of rotatable bonds is 55. The first-order valence-corrected chi connectivity index (χ1v) is 30.4. The zero-order valence-electron chi connectivity index (χ0n) is 46.2. The number of allylic oxidation sites excluding steroid dienone is 8. The van der Waals surface area contributed by atoms with Crippen LogP contribution in [0, 0.1) is 0 Å². The summed E-state index contributed by atoms with van der Waals surface area (Å²) in [6, 6.07) is -0.710. The number of carbonyl (C=O) groups is 2. The third-order valence-electron chi connectivity index (χ3n) is 13.9. The molecule has 0 aliphatic carbocycles. The minimum absolute atomic E-state index is 0.0637. The zero-order chi connectivity index (χ0) is 50.2. The van der Waals surface area contributed by atoms with E-state index in [-0.39, 0.29) is 24.9 Å². The van der Waals surface area contributed by atoms with E-state index >= 15 is 0 Å². The summed E-state index contributed by atoms with van der Waals surface area (Å²) in [5.74, 6) is -0.485. The molecule has 0 aromatic heterocycles. The van der Waals surface area contributed by atoms with Crippen molar-refractivity contribution in [3.63, 3.8) is 0 Å². The molecule has 0 aromatic carbocycles. The lowest BCUT2D eigenvalue weighted by Crippen LogP contribution is -2.46. The van der Waals surface area contributed by atoms with Crippen molar-refractivity contribution >= 4 is 11.9 Å². The van der Waals surface area contributed by atoms with Crippen molar-refractivity contribution in [3.05, 3.63) is 48.6 Å². The Kier molecular flexibility index (Phi) is 54.9. The predicted molar refractivity (Wildman–Crippen MR) is 301 cm³/mol. The first kappa shape index (κ1) is 66.8. The van der Waals surface area contributed by atoms with Crippen LogP contribution in [-0.4, -0.2) is 46.9 Å². The fourth-order valence-electron chi connectivity index (χ4n) is 9.26. The van der Waals surface area contributed by atoms with Crippen LogP contribution in [0.15, 0.2) is 48.6 Å². The number of aliphatic hydroxyl groups excluding tert-OH is 2. The average molecular weight is 969 g/mol. The van der Waals surface area contributed by atoms with Crippen molar-refractivity contribution in [1.29, 1.82) is 0 Å². The molecule has 6 heteroatoms. The van der Waals surface area contributed by atoms with E-state index in [0.717, 1.165) is 83.5 Å². The Morgan fingerprint density at radius 1 is 0.420 bits per heavy atom. The van der Waals surface area contributed by atoms with Crippen LogP contribution in [0.1, 0.15) is 316 Å². The van der Waals surface area contributed by atoms with Crippen LogP contribution in [0.5, 0.6) is 0 Å². The third-order valence-corrected chi connectivity index (χ3v) is 13.9. The smallest absolute Gasteiger partial charge is 0.306 e. The summed E-state index contributed by atoms with van der Waals surface area (Å²) in [7, 11) is 0. The molecule has 3 atom stereocenters. The van der Waals surface area contributed by atoms with Gasteiger partial charge in [0.15, 0.2) is 0 Å². The Labute approximate surface area is 429 Å². The van der Waals surface area contributed by atoms with Gasteiger partial charge in [-0.3, -0.25) is 9.59 Å². The molecule has 0 aliphatic rings. The maximum Gasteiger partial charge on any atom is 0.306 e. The second kappa shape index (κ2) is 56.7. The monoisotopic (exact) mass is 968 g/mol. The average Bonchev–Trinajstić information content (AvgIpc) is 3.34. The van der Waals surface area contributed by atoms with Crippen molar-refractivity contribution in [2.75, 3.05) is 6.61 Å². The van der Waals surface area contributed by atoms with Gasteiger partial charge in [-0.15, -0.1) is 0 Å². The molecule has 0 aliphatic heterocycles. The first-order valence-electron chi connectivity index (χ1n) is 30.4. The maximum atomic E-state index is 13.3. The fourth-order valence-corrected chi connectivity index (χ4v) is 9.26. The molecule has 0 heterocycles. The molecule has 6 nitrogen and oxygen atoms in total. The van der Waals surface area contributed by atoms with E-state index in [1.54, 1.807) is 0 Å². The van der Waals surface area contributed by atoms with E-state index in [1.165, 1.54) is 186 Å². The van der Waals surface area contributed by atoms with Gasteiger partial charge in [0.2, 0.25) is 5.91 Å². The number of hydrogen-bond donors (Lipinski definition) is 3. The lowest BCUT2D eigenvalue weighted by atomic mass is 10.0. The molecule has 3 unspecified atom stereocenters. The van der Waals surface area contributed by atoms with E-state index in [2.05, 4.69) is 74.7 Å². The van der Waals surface area contributed by atoms with E-state index in [1.807, 2.05) is 0 Å². The molecule has 3 N–H and O–H groups in total. The van der Waals surface area contributed by atoms with Gasteiger partial charge in [-0.1, -0.05) is 262 Å². The summed E-state index contributed by atoms with van der Waals surface area (Å²) < 4.78 is 5.97. The summed E-state index contributed by atoms with van der Waals surface area (Å²) >= 11 is 0. The first-order chi connectivity index (χ1) is 34.0. The van der Waals surface area contributed by atoms with Gasteiger partial charge < -0.3 is 20.3 Å². The topological polar surface area (TPSA) is 95.9 Å². The number of amides is 1. The van der Waals surface area contributed by atoms with Crippen molar-refractivity contribution < 1.29 is 24.5 Å². The Morgan fingerprint density at radius 2 is 0.739 bits per heavy atom. The summed E-state index contributed by atoms with van der Waals surface area (Å²) in [5, 5.41) is 23.9. The van der Waals surface area contributed by atoms with E-state index < -0.39 is 18.2 Å². The molecular formula is C63H117NO5. The van der Waals surface area contributed by atoms with Gasteiger partial charge in [-0.05, 0) is 89.9 Å². The van der Waals surface area contributed by atoms with Crippen LogP contribution in [0.2, 0.25) is 0 Å². The summed E-state index contributed by atoms with van der Waals surface area (Å²) in [6.45, 7) is 6.48. The SMILES string of the molecule is CCCCC/C=C\C/C=C\C/C=C\CCCCCCC(CC(=O)NC(CO)C(O)CCCCCCCCCCCCCCCC)OC(=O)CCCCCCCCCCC/C=C/CCCCCCCC. The maximum absolute atomic E-state index is 13.3. The Balaban J connectivity index is 4.58. The number of ether oxygens (including phenoxy) is 1. The summed E-state index contributed by atoms with van der Waals surface area (Å²) in [6.07, 6.45) is 70.3. The highest BCUT2D eigenvalue weighted by Crippen LogP contribution is 2.18. The molecule has 0 saturated heterocycles. The molecule has 0 bridgehead atoms. The highest BCUT2D eigenvalue weighted by Gasteiger charge is 2.24. The minimum Gasteiger partial charge on any atom is -0.462 e. The molecule has 0 spiro atoms. The van der Waals surface area contributed by atoms with Gasteiger partial charge in [-0.25, -0.2) is 0 Å². The lowest BCUT2D eigenvalue weighted by molar-refractivity contribution is -0.151. The van der Waals surface area contributed by atoms with E-state index in [0.29, 0.717) is 19.3 Å². The van der Waals surface area contributed by atoms with Gasteiger partial charge in [0.05, 0.1) is 25.2 Å². The Morgan fingerprint density at radius 3 is 1.16 bits per heavy atom. The number of unbranched alkanes of at least 4 members (excludes halogenated alkanes) is 35. The second-order valence-corrected chi connectivity index (χ2v) is 20.7. The van der Waals surface area contributed by atoms with Gasteiger partial charge in [0.25, 0.3) is 0 Å². The number of hydrogen-bond acceptors (Lipinski definition) is 5. The Hall–Kier alpha value is -2.18. The Bertz CT molecular complexity index is 1180. The van der Waals surface area contributed by atoms with Crippen LogP contribution in [-0.2, 0) is 14.3 Å². The normalized spacial score (nSPS) is 13.4. The fraction of sp³-hybridized carbons (Fsp3) is 0.841. The zero-order valence-corrected chi connectivity index (χ0v) is 46.2. The molecule has 0 radical (unpaired) electrons. The number of carbonyl (C=O) groups excluding carboxylic acids is 2. The highest BCUT2D eigenvalue weighted by molar-refractivity contribution is 5.77. The van der Waals surface area contributed by atoms with Crippen LogP contribution < -0.4 is 5.32 Å². The standard InChI is InChI=1S/C63H117NO5/c1-4-7-10-13-16-19-22-25-28-30-31-33-35-38-41-44-47-50-53-56-63(68)69-59(54-51-48-45-42-39-36-34-32-29-26-23-20-17-14-11-8-5-2)57-62(67)64-60(58-65)61(66)55-52-49-46-43-40-37-27-24-21-18-15-12-9-6-3/h17,20,25-26,28-29,34,36,59-61,65-66H,4-16,18-19,21-24,27,30-33,35,37-58H2,1-3H3,(H,64,67)/b20-17-,28-25+,29-26-,36-34-. The predicted octanol–water partition coefficient (Wildman–Crippen LogP) is 19.0. The molecular weight excluding hydrogens is 851 g/mol. The minimum atomic E-state index is -0.795. The highest BCUT2D eigenvalue weighted by atomic mass is 16.5. The molecule has 0 fully saturated rings. The van der Waals surface area contributed by atoms with Crippen LogP contribution >= 0.6 is 0 Å². The largest absolute Gasteiger partial charge is 0.462 e.